The van der Waals surface area contributed by atoms with E-state index in [0.29, 0.717) is 19.8 Å². The van der Waals surface area contributed by atoms with Gasteiger partial charge in [-0.25, -0.2) is 0 Å². The molecule has 5 heteroatoms. The normalized spacial score (nSPS) is 22.9. The number of likely N-dealkylation sites (N-methyl/N-ethyl adjacent to an activating group) is 1. The summed E-state index contributed by atoms with van der Waals surface area (Å²) in [6.45, 7) is 1.54. The van der Waals surface area contributed by atoms with Crippen LogP contribution in [0.1, 0.15) is 0 Å². The molecular formula is C10H14N2O3. The first-order chi connectivity index (χ1) is 7.33. The number of carbonyl (C=O) groups is 1. The maximum Gasteiger partial charge on any atom is 0.246 e. The average Bonchev–Trinajstić information content (AvgIpc) is 2.70. The van der Waals surface area contributed by atoms with Crippen LogP contribution in [-0.2, 0) is 9.53 Å². The van der Waals surface area contributed by atoms with Crippen LogP contribution in [0.25, 0.3) is 0 Å². The van der Waals surface area contributed by atoms with E-state index in [1.165, 1.54) is 0 Å². The number of nitrogens with zero attached hydrogens (tertiary/aromatic N) is 1. The monoisotopic (exact) mass is 210 g/mol. The number of amides is 1. The van der Waals surface area contributed by atoms with Crippen molar-refractivity contribution in [3.8, 4) is 0 Å². The minimum absolute atomic E-state index is 0.0244. The molecule has 0 aliphatic carbocycles. The van der Waals surface area contributed by atoms with Crippen molar-refractivity contribution in [2.75, 3.05) is 31.7 Å². The molecule has 5 nitrogen and oxygen atoms in total. The molecule has 0 spiro atoms. The Morgan fingerprint density at radius 3 is 3.13 bits per heavy atom. The summed E-state index contributed by atoms with van der Waals surface area (Å²) >= 11 is 0. The second kappa shape index (κ2) is 4.46. The van der Waals surface area contributed by atoms with Crippen molar-refractivity contribution >= 4 is 11.6 Å². The highest BCUT2D eigenvalue weighted by Crippen LogP contribution is 2.16. The van der Waals surface area contributed by atoms with Crippen LogP contribution in [0.2, 0.25) is 0 Å². The first-order valence-corrected chi connectivity index (χ1v) is 4.91. The lowest BCUT2D eigenvalue weighted by Gasteiger charge is -2.21. The average molecular weight is 210 g/mol. The maximum atomic E-state index is 12.0. The molecule has 1 fully saturated rings. The van der Waals surface area contributed by atoms with Crippen LogP contribution in [0.15, 0.2) is 23.0 Å². The van der Waals surface area contributed by atoms with E-state index >= 15 is 0 Å². The van der Waals surface area contributed by atoms with E-state index in [1.807, 2.05) is 0 Å². The van der Waals surface area contributed by atoms with Gasteiger partial charge >= 0.3 is 0 Å². The lowest BCUT2D eigenvalue weighted by atomic mass is 10.2. The van der Waals surface area contributed by atoms with Crippen LogP contribution in [0.3, 0.4) is 0 Å². The Morgan fingerprint density at radius 1 is 1.60 bits per heavy atom. The molecule has 1 saturated heterocycles. The highest BCUT2D eigenvalue weighted by molar-refractivity contribution is 5.97. The predicted octanol–water partition coefficient (Wildman–Crippen LogP) is 0.231. The van der Waals surface area contributed by atoms with Crippen LogP contribution >= 0.6 is 0 Å². The fourth-order valence-corrected chi connectivity index (χ4v) is 1.60. The van der Waals surface area contributed by atoms with Crippen molar-refractivity contribution < 1.29 is 13.9 Å². The van der Waals surface area contributed by atoms with Gasteiger partial charge in [-0.2, -0.15) is 0 Å². The zero-order valence-electron chi connectivity index (χ0n) is 8.60. The van der Waals surface area contributed by atoms with E-state index in [9.17, 15) is 4.79 Å². The summed E-state index contributed by atoms with van der Waals surface area (Å²) in [5.41, 5.74) is 0.783. The highest BCUT2D eigenvalue weighted by atomic mass is 16.5. The maximum absolute atomic E-state index is 12.0. The van der Waals surface area contributed by atoms with E-state index in [-0.39, 0.29) is 11.9 Å². The summed E-state index contributed by atoms with van der Waals surface area (Å²) in [5, 5.41) is 2.94. The molecule has 0 aromatic carbocycles. The molecule has 1 N–H and O–H groups in total. The van der Waals surface area contributed by atoms with E-state index in [2.05, 4.69) is 5.32 Å². The SMILES string of the molecule is CNC1COCCN(c2ccoc2)C1=O. The number of anilines is 1. The Kier molecular flexibility index (Phi) is 3.03. The van der Waals surface area contributed by atoms with Gasteiger partial charge in [0, 0.05) is 12.6 Å². The number of furan rings is 1. The van der Waals surface area contributed by atoms with Crippen molar-refractivity contribution in [1.82, 2.24) is 5.32 Å². The Hall–Kier alpha value is -1.33. The molecule has 2 rings (SSSR count). The smallest absolute Gasteiger partial charge is 0.246 e. The molecule has 0 radical (unpaired) electrons. The molecule has 1 aromatic rings. The third-order valence-electron chi connectivity index (χ3n) is 2.47. The lowest BCUT2D eigenvalue weighted by molar-refractivity contribution is -0.120. The van der Waals surface area contributed by atoms with Gasteiger partial charge in [0.1, 0.15) is 12.3 Å². The molecule has 0 bridgehead atoms. The molecular weight excluding hydrogens is 196 g/mol. The van der Waals surface area contributed by atoms with Gasteiger partial charge in [-0.15, -0.1) is 0 Å². The Bertz CT molecular complexity index is 323. The second-order valence-electron chi connectivity index (χ2n) is 3.39. The van der Waals surface area contributed by atoms with Crippen LogP contribution in [0.4, 0.5) is 5.69 Å². The highest BCUT2D eigenvalue weighted by Gasteiger charge is 2.27. The van der Waals surface area contributed by atoms with Gasteiger partial charge in [0.2, 0.25) is 5.91 Å². The van der Waals surface area contributed by atoms with Crippen LogP contribution in [-0.4, -0.2) is 38.8 Å². The fraction of sp³-hybridized carbons (Fsp3) is 0.500. The quantitative estimate of drug-likeness (QED) is 0.759. The number of rotatable bonds is 2. The molecule has 1 atom stereocenters. The minimum Gasteiger partial charge on any atom is -0.470 e. The molecule has 0 saturated carbocycles. The fourth-order valence-electron chi connectivity index (χ4n) is 1.60. The van der Waals surface area contributed by atoms with Crippen molar-refractivity contribution in [3.63, 3.8) is 0 Å². The zero-order valence-corrected chi connectivity index (χ0v) is 8.60. The van der Waals surface area contributed by atoms with E-state index in [4.69, 9.17) is 9.15 Å². The third kappa shape index (κ3) is 2.03. The molecule has 1 aliphatic heterocycles. The van der Waals surface area contributed by atoms with E-state index in [1.54, 1.807) is 30.5 Å². The van der Waals surface area contributed by atoms with Crippen LogP contribution in [0.5, 0.6) is 0 Å². The molecule has 1 amide bonds. The number of hydrogen-bond acceptors (Lipinski definition) is 4. The standard InChI is InChI=1S/C10H14N2O3/c1-11-9-7-15-5-3-12(10(9)13)8-2-4-14-6-8/h2,4,6,9,11H,3,5,7H2,1H3. The Labute approximate surface area is 88.0 Å². The summed E-state index contributed by atoms with van der Waals surface area (Å²) in [5.74, 6) is 0.0244. The third-order valence-corrected chi connectivity index (χ3v) is 2.47. The summed E-state index contributed by atoms with van der Waals surface area (Å²) < 4.78 is 10.3. The van der Waals surface area contributed by atoms with Gasteiger partial charge in [0.15, 0.2) is 0 Å². The van der Waals surface area contributed by atoms with Gasteiger partial charge in [0.05, 0.1) is 25.2 Å². The topological polar surface area (TPSA) is 54.7 Å². The summed E-state index contributed by atoms with van der Waals surface area (Å²) in [6.07, 6.45) is 3.12. The lowest BCUT2D eigenvalue weighted by Crippen LogP contribution is -2.45. The van der Waals surface area contributed by atoms with Crippen LogP contribution in [0, 0.1) is 0 Å². The number of nitrogens with one attached hydrogen (secondary N) is 1. The molecule has 1 aliphatic rings. The van der Waals surface area contributed by atoms with Gasteiger partial charge in [-0.05, 0) is 7.05 Å². The summed E-state index contributed by atoms with van der Waals surface area (Å²) in [6, 6.07) is 1.50. The van der Waals surface area contributed by atoms with Crippen molar-refractivity contribution in [3.05, 3.63) is 18.6 Å². The molecule has 2 heterocycles. The molecule has 82 valence electrons. The summed E-state index contributed by atoms with van der Waals surface area (Å²) in [4.78, 5) is 13.7. The summed E-state index contributed by atoms with van der Waals surface area (Å²) in [7, 11) is 1.75. The van der Waals surface area contributed by atoms with E-state index in [0.717, 1.165) is 5.69 Å². The first-order valence-electron chi connectivity index (χ1n) is 4.91. The second-order valence-corrected chi connectivity index (χ2v) is 3.39. The zero-order chi connectivity index (χ0) is 10.7. The van der Waals surface area contributed by atoms with Crippen molar-refractivity contribution in [1.29, 1.82) is 0 Å². The first kappa shape index (κ1) is 10.2. The molecule has 15 heavy (non-hydrogen) atoms. The van der Waals surface area contributed by atoms with Gasteiger partial charge in [-0.1, -0.05) is 0 Å². The molecule has 1 unspecified atom stereocenters. The van der Waals surface area contributed by atoms with Crippen LogP contribution < -0.4 is 10.2 Å². The molecule has 1 aromatic heterocycles. The number of hydrogen-bond donors (Lipinski definition) is 1. The number of carbonyl (C=O) groups excluding carboxylic acids is 1. The van der Waals surface area contributed by atoms with Gasteiger partial charge in [0.25, 0.3) is 0 Å². The predicted molar refractivity (Wildman–Crippen MR) is 54.7 cm³/mol. The largest absolute Gasteiger partial charge is 0.470 e. The van der Waals surface area contributed by atoms with Crippen molar-refractivity contribution in [2.24, 2.45) is 0 Å². The number of ether oxygens (including phenoxy) is 1. The van der Waals surface area contributed by atoms with Gasteiger partial charge < -0.3 is 19.4 Å². The van der Waals surface area contributed by atoms with Gasteiger partial charge in [-0.3, -0.25) is 4.79 Å². The minimum atomic E-state index is -0.276. The Morgan fingerprint density at radius 2 is 2.47 bits per heavy atom. The van der Waals surface area contributed by atoms with Crippen molar-refractivity contribution in [2.45, 2.75) is 6.04 Å². The van der Waals surface area contributed by atoms with E-state index < -0.39 is 0 Å². The Balaban J connectivity index is 2.19.